The number of hydrogen-bond donors (Lipinski definition) is 9. The van der Waals surface area contributed by atoms with Crippen LogP contribution in [0.5, 0.6) is 0 Å². The van der Waals surface area contributed by atoms with Gasteiger partial charge in [0, 0.05) is 51.3 Å². The number of hydrogen-bond acceptors (Lipinski definition) is 11. The van der Waals surface area contributed by atoms with Crippen molar-refractivity contribution in [2.75, 3.05) is 53.4 Å². The summed E-state index contributed by atoms with van der Waals surface area (Å²) in [6.07, 6.45) is 10.2. The molecule has 87 heavy (non-hydrogen) atoms. The molecule has 0 radical (unpaired) electrons. The number of rotatable bonds is 34. The summed E-state index contributed by atoms with van der Waals surface area (Å²) in [5.41, 5.74) is -3.42. The number of amides is 10. The van der Waals surface area contributed by atoms with Crippen molar-refractivity contribution in [3.63, 3.8) is 0 Å². The van der Waals surface area contributed by atoms with Crippen LogP contribution in [0.1, 0.15) is 196 Å². The highest BCUT2D eigenvalue weighted by Gasteiger charge is 2.41. The Morgan fingerprint density at radius 3 is 1.59 bits per heavy atom. The highest BCUT2D eigenvalue weighted by Crippen LogP contribution is 2.33. The quantitative estimate of drug-likeness (QED) is 0.0383. The van der Waals surface area contributed by atoms with Gasteiger partial charge in [-0.15, -0.1) is 0 Å². The second-order valence-electron chi connectivity index (χ2n) is 28.5. The van der Waals surface area contributed by atoms with Crippen molar-refractivity contribution < 1.29 is 52.3 Å². The topological polar surface area (TPSA) is 285 Å². The molecular weight excluding hydrogens is 1110 g/mol. The van der Waals surface area contributed by atoms with E-state index in [4.69, 9.17) is 0 Å². The fourth-order valence-electron chi connectivity index (χ4n) is 11.5. The second-order valence-corrected chi connectivity index (χ2v) is 28.5. The Balaban J connectivity index is 1.35. The van der Waals surface area contributed by atoms with E-state index in [0.29, 0.717) is 31.7 Å². The SMILES string of the molecule is CC(C)C[C@H](NC(=O)[C@H](CCC1CCCCC1)C(=O)N[C@@H]1CCCN1C(=O)c1ccc(F)cc1)C(=O)NCC(C)(C)C(=O)N[C@@H](CC(C)C)C(=O)N[C@@H](CC(C)C)C(=O)NCC(C)(C)C(=O)NCC(C)(C)C(=O)NCCC(=O)NC1(CN(C)C)CCC1. The predicted molar refractivity (Wildman–Crippen MR) is 333 cm³/mol. The van der Waals surface area contributed by atoms with Crippen LogP contribution in [0, 0.1) is 51.7 Å². The average Bonchev–Trinajstić information content (AvgIpc) is 3.15. The molecule has 10 amide bonds. The van der Waals surface area contributed by atoms with Crippen LogP contribution in [0.15, 0.2) is 24.3 Å². The van der Waals surface area contributed by atoms with Gasteiger partial charge in [-0.1, -0.05) is 73.6 Å². The molecule has 4 rings (SSSR count). The van der Waals surface area contributed by atoms with Crippen molar-refractivity contribution >= 4 is 59.1 Å². The van der Waals surface area contributed by atoms with Gasteiger partial charge in [0.2, 0.25) is 53.2 Å². The zero-order valence-corrected chi connectivity index (χ0v) is 54.9. The Morgan fingerprint density at radius 2 is 1.08 bits per heavy atom. The summed E-state index contributed by atoms with van der Waals surface area (Å²) >= 11 is 0. The Hall–Kier alpha value is -6.19. The van der Waals surface area contributed by atoms with Crippen LogP contribution >= 0.6 is 0 Å². The molecule has 21 nitrogen and oxygen atoms in total. The molecule has 9 N–H and O–H groups in total. The lowest BCUT2D eigenvalue weighted by molar-refractivity contribution is -0.139. The standard InChI is InChI=1S/C65H108FN11O10/c1-41(2)34-48(71-53(79)47(28-23-44-20-16-15-17-21-44)54(80)74-51-22-18-33-77(51)58(84)45-24-26-46(66)27-25-45)55(81)69-38-64(11,12)61(87)73-50(36-43(5)6)57(83)72-49(35-42(3)4)56(82)68-37-62(7,8)60(86)70-39-63(9,10)59(85)67-32-29-52(78)75-65(30-19-31-65)40-76(13)14/h24-27,41-44,47-51H,15-23,28-40H2,1-14H3,(H,67,85)(H,68,82)(H,69,81)(H,70,86)(H,71,79)(H,72,83)(H,73,87)(H,74,80)(H,75,78)/t47-,48-,49-,50-,51-/m0/s1. The first-order valence-corrected chi connectivity index (χ1v) is 32.0. The largest absolute Gasteiger partial charge is 0.355 e. The molecule has 1 heterocycles. The molecule has 0 spiro atoms. The predicted octanol–water partition coefficient (Wildman–Crippen LogP) is 5.61. The minimum Gasteiger partial charge on any atom is -0.355 e. The number of likely N-dealkylation sites (N-methyl/N-ethyl adjacent to an activating group) is 1. The fourth-order valence-corrected chi connectivity index (χ4v) is 11.5. The molecule has 5 atom stereocenters. The Morgan fingerprint density at radius 1 is 0.586 bits per heavy atom. The van der Waals surface area contributed by atoms with Crippen LogP contribution in [0.3, 0.4) is 0 Å². The maximum absolute atomic E-state index is 14.4. The second kappa shape index (κ2) is 33.4. The number of nitrogens with one attached hydrogen (secondary N) is 9. The molecule has 0 bridgehead atoms. The zero-order valence-electron chi connectivity index (χ0n) is 54.9. The Kier molecular flexibility index (Phi) is 28.1. The molecule has 2 saturated carbocycles. The first-order chi connectivity index (χ1) is 40.6. The van der Waals surface area contributed by atoms with Crippen LogP contribution in [-0.4, -0.2) is 152 Å². The van der Waals surface area contributed by atoms with Gasteiger partial charge in [0.15, 0.2) is 0 Å². The molecule has 1 aromatic carbocycles. The van der Waals surface area contributed by atoms with E-state index < -0.39 is 93.6 Å². The van der Waals surface area contributed by atoms with Gasteiger partial charge in [-0.25, -0.2) is 4.39 Å². The Labute approximate surface area is 517 Å². The van der Waals surface area contributed by atoms with E-state index in [1.165, 1.54) is 29.2 Å². The van der Waals surface area contributed by atoms with Crippen molar-refractivity contribution in [2.24, 2.45) is 45.8 Å². The van der Waals surface area contributed by atoms with Crippen molar-refractivity contribution in [1.29, 1.82) is 0 Å². The van der Waals surface area contributed by atoms with Crippen LogP contribution < -0.4 is 47.9 Å². The van der Waals surface area contributed by atoms with Gasteiger partial charge in [0.25, 0.3) is 5.91 Å². The van der Waals surface area contributed by atoms with Gasteiger partial charge >= 0.3 is 0 Å². The van der Waals surface area contributed by atoms with Gasteiger partial charge in [-0.3, -0.25) is 47.9 Å². The van der Waals surface area contributed by atoms with E-state index >= 15 is 0 Å². The molecule has 22 heteroatoms. The fraction of sp³-hybridized carbons (Fsp3) is 0.754. The maximum Gasteiger partial charge on any atom is 0.255 e. The summed E-state index contributed by atoms with van der Waals surface area (Å²) < 4.78 is 13.7. The number of benzene rings is 1. The first kappa shape index (κ1) is 73.3. The number of likely N-dealkylation sites (tertiary alicyclic amines) is 1. The van der Waals surface area contributed by atoms with Crippen LogP contribution in [0.25, 0.3) is 0 Å². The van der Waals surface area contributed by atoms with Crippen molar-refractivity contribution in [3.8, 4) is 0 Å². The van der Waals surface area contributed by atoms with Gasteiger partial charge in [0.1, 0.15) is 36.0 Å². The summed E-state index contributed by atoms with van der Waals surface area (Å²) in [7, 11) is 3.94. The minimum absolute atomic E-state index is 0.0138. The first-order valence-electron chi connectivity index (χ1n) is 32.0. The lowest BCUT2D eigenvalue weighted by Crippen LogP contribution is -2.59. The lowest BCUT2D eigenvalue weighted by atomic mass is 9.76. The summed E-state index contributed by atoms with van der Waals surface area (Å²) in [4.78, 5) is 142. The molecule has 2 aliphatic carbocycles. The third-order valence-electron chi connectivity index (χ3n) is 17.1. The monoisotopic (exact) mass is 1220 g/mol. The molecular formula is C65H108FN11O10. The number of carbonyl (C=O) groups is 10. The van der Waals surface area contributed by atoms with E-state index in [2.05, 4.69) is 52.8 Å². The molecule has 490 valence electrons. The van der Waals surface area contributed by atoms with Crippen molar-refractivity contribution in [1.82, 2.24) is 57.7 Å². The van der Waals surface area contributed by atoms with Gasteiger partial charge in [-0.2, -0.15) is 0 Å². The van der Waals surface area contributed by atoms with E-state index in [0.717, 1.165) is 57.9 Å². The number of halogens is 1. The molecule has 3 fully saturated rings. The van der Waals surface area contributed by atoms with Crippen molar-refractivity contribution in [3.05, 3.63) is 35.6 Å². The third-order valence-corrected chi connectivity index (χ3v) is 17.1. The lowest BCUT2D eigenvalue weighted by Gasteiger charge is -2.44. The normalized spacial score (nSPS) is 17.7. The van der Waals surface area contributed by atoms with E-state index in [1.807, 2.05) is 55.6 Å². The summed E-state index contributed by atoms with van der Waals surface area (Å²) in [6.45, 7) is 22.3. The molecule has 3 aliphatic rings. The number of nitrogens with zero attached hydrogens (tertiary/aromatic N) is 2. The Bertz CT molecular complexity index is 2510. The zero-order chi connectivity index (χ0) is 65.0. The van der Waals surface area contributed by atoms with Crippen LogP contribution in [-0.2, 0) is 43.2 Å². The van der Waals surface area contributed by atoms with Gasteiger partial charge < -0.3 is 57.7 Å². The molecule has 0 aromatic heterocycles. The maximum atomic E-state index is 14.4. The summed E-state index contributed by atoms with van der Waals surface area (Å²) in [5.74, 6) is -6.15. The van der Waals surface area contributed by atoms with Gasteiger partial charge in [-0.05, 0) is 168 Å². The molecule has 0 unspecified atom stereocenters. The smallest absolute Gasteiger partial charge is 0.255 e. The molecule has 1 aromatic rings. The van der Waals surface area contributed by atoms with E-state index in [1.54, 1.807) is 41.5 Å². The van der Waals surface area contributed by atoms with E-state index in [9.17, 15) is 52.3 Å². The highest BCUT2D eigenvalue weighted by atomic mass is 19.1. The molecule has 1 aliphatic heterocycles. The minimum atomic E-state index is -1.29. The van der Waals surface area contributed by atoms with Crippen LogP contribution in [0.4, 0.5) is 4.39 Å². The average molecular weight is 1220 g/mol. The highest BCUT2D eigenvalue weighted by molar-refractivity contribution is 6.02. The summed E-state index contributed by atoms with van der Waals surface area (Å²) in [5, 5.41) is 26.1. The third kappa shape index (κ3) is 23.7. The number of carbonyl (C=O) groups excluding carboxylic acids is 10. The van der Waals surface area contributed by atoms with Crippen molar-refractivity contribution in [2.45, 2.75) is 216 Å². The molecule has 1 saturated heterocycles. The van der Waals surface area contributed by atoms with E-state index in [-0.39, 0.29) is 105 Å². The van der Waals surface area contributed by atoms with Crippen LogP contribution in [0.2, 0.25) is 0 Å². The summed E-state index contributed by atoms with van der Waals surface area (Å²) in [6, 6.07) is 2.02. The van der Waals surface area contributed by atoms with Gasteiger partial charge in [0.05, 0.1) is 21.8 Å².